The van der Waals surface area contributed by atoms with Gasteiger partial charge >= 0.3 is 11.9 Å². The molecule has 1 aliphatic heterocycles. The second kappa shape index (κ2) is 3.09. The molecule has 0 saturated carbocycles. The Balaban J connectivity index is 2.53. The van der Waals surface area contributed by atoms with Crippen LogP contribution in [0.15, 0.2) is 0 Å². The Labute approximate surface area is 62.2 Å². The first-order valence-corrected chi connectivity index (χ1v) is 2.93. The quantitative estimate of drug-likeness (QED) is 0.268. The van der Waals surface area contributed by atoms with Crippen molar-refractivity contribution in [3.63, 3.8) is 0 Å². The maximum atomic E-state index is 10.5. The van der Waals surface area contributed by atoms with Gasteiger partial charge < -0.3 is 15.0 Å². The highest BCUT2D eigenvalue weighted by molar-refractivity contribution is 5.91. The third-order valence-electron chi connectivity index (χ3n) is 1.04. The van der Waals surface area contributed by atoms with Crippen LogP contribution in [0.1, 0.15) is 6.42 Å². The number of hydrogen-bond donors (Lipinski definition) is 0. The predicted octanol–water partition coefficient (Wildman–Crippen LogP) is -0.574. The molecule has 0 atom stereocenters. The zero-order valence-electron chi connectivity index (χ0n) is 5.65. The molecule has 6 heteroatoms. The molecular weight excluding hydrogens is 152 g/mol. The molecule has 1 aliphatic rings. The third kappa shape index (κ3) is 2.32. The first-order chi connectivity index (χ1) is 5.18. The van der Waals surface area contributed by atoms with Gasteiger partial charge in [0, 0.05) is 0 Å². The summed E-state index contributed by atoms with van der Waals surface area (Å²) < 4.78 is 9.38. The van der Waals surface area contributed by atoms with Gasteiger partial charge in [-0.15, -0.1) is 0 Å². The minimum Gasteiger partial charge on any atom is -0.501 e. The molecule has 0 spiro atoms. The molecule has 6 nitrogen and oxygen atoms in total. The maximum Gasteiger partial charge on any atom is 0.321 e. The molecule has 0 aliphatic carbocycles. The average Bonchev–Trinajstić information content (AvgIpc) is 1.95. The van der Waals surface area contributed by atoms with Crippen LogP contribution in [0.25, 0.3) is 5.53 Å². The van der Waals surface area contributed by atoms with Crippen LogP contribution in [0.4, 0.5) is 0 Å². The molecule has 1 heterocycles. The molecule has 0 aromatic heterocycles. The van der Waals surface area contributed by atoms with Crippen LogP contribution in [0, 0.1) is 0 Å². The summed E-state index contributed by atoms with van der Waals surface area (Å²) in [7, 11) is 0. The zero-order chi connectivity index (χ0) is 8.27. The Morgan fingerprint density at radius 2 is 1.64 bits per heavy atom. The van der Waals surface area contributed by atoms with E-state index in [9.17, 15) is 9.59 Å². The minimum atomic E-state index is -0.700. The summed E-state index contributed by atoms with van der Waals surface area (Å²) in [5.41, 5.74) is 8.73. The molecule has 0 radical (unpaired) electrons. The lowest BCUT2D eigenvalue weighted by atomic mass is 10.4. The molecule has 1 fully saturated rings. The fraction of sp³-hybridized carbons (Fsp3) is 0.600. The normalized spacial score (nSPS) is 19.8. The van der Waals surface area contributed by atoms with E-state index in [0.29, 0.717) is 4.70 Å². The summed E-state index contributed by atoms with van der Waals surface area (Å²) in [6.45, 7) is -0.543. The molecule has 11 heavy (non-hydrogen) atoms. The van der Waals surface area contributed by atoms with Crippen LogP contribution in [-0.4, -0.2) is 30.1 Å². The van der Waals surface area contributed by atoms with E-state index in [1.807, 2.05) is 0 Å². The number of cyclic esters (lactones) is 2. The topological polar surface area (TPSA) is 77.9 Å². The molecule has 0 amide bonds. The molecule has 0 aromatic carbocycles. The van der Waals surface area contributed by atoms with Gasteiger partial charge in [-0.05, 0) is 0 Å². The molecule has 0 aromatic rings. The largest absolute Gasteiger partial charge is 0.501 e. The van der Waals surface area contributed by atoms with Crippen molar-refractivity contribution < 1.29 is 23.8 Å². The Morgan fingerprint density at radius 3 is 2.09 bits per heavy atom. The molecular formula is C5H6N2O4. The van der Waals surface area contributed by atoms with Gasteiger partial charge in [0.15, 0.2) is 0 Å². The average molecular weight is 158 g/mol. The summed E-state index contributed by atoms with van der Waals surface area (Å²) in [6, 6.07) is 0. The second-order valence-corrected chi connectivity index (χ2v) is 1.97. The Hall–Kier alpha value is -1.46. The number of rotatable bonds is 0. The summed E-state index contributed by atoms with van der Waals surface area (Å²) in [6.07, 6.45) is -0.395. The summed E-state index contributed by atoms with van der Waals surface area (Å²) in [5.74, 6) is -1.40. The molecule has 60 valence electrons. The second-order valence-electron chi connectivity index (χ2n) is 1.97. The van der Waals surface area contributed by atoms with Crippen molar-refractivity contribution in [1.82, 2.24) is 0 Å². The fourth-order valence-electron chi connectivity index (χ4n) is 0.550. The van der Waals surface area contributed by atoms with Crippen molar-refractivity contribution in [3.05, 3.63) is 5.53 Å². The van der Waals surface area contributed by atoms with Gasteiger partial charge in [0.25, 0.3) is 13.5 Å². The van der Waals surface area contributed by atoms with E-state index >= 15 is 0 Å². The van der Waals surface area contributed by atoms with E-state index in [0.717, 1.165) is 0 Å². The number of ether oxygens (including phenoxy) is 2. The lowest BCUT2D eigenvalue weighted by Gasteiger charge is -2.11. The lowest BCUT2D eigenvalue weighted by Crippen LogP contribution is -2.26. The fourth-order valence-corrected chi connectivity index (χ4v) is 0.550. The van der Waals surface area contributed by atoms with Crippen LogP contribution in [-0.2, 0) is 19.1 Å². The van der Waals surface area contributed by atoms with Crippen molar-refractivity contribution in [2.24, 2.45) is 0 Å². The minimum absolute atomic E-state index is 0.272. The van der Waals surface area contributed by atoms with Crippen LogP contribution in [0.3, 0.4) is 0 Å². The van der Waals surface area contributed by atoms with Gasteiger partial charge in [0.1, 0.15) is 6.42 Å². The summed E-state index contributed by atoms with van der Waals surface area (Å²) in [5, 5.41) is 0. The number of esters is 2. The Kier molecular flexibility index (Phi) is 2.15. The van der Waals surface area contributed by atoms with Gasteiger partial charge in [-0.2, -0.15) is 0 Å². The van der Waals surface area contributed by atoms with Gasteiger partial charge in [0.05, 0.1) is 0 Å². The van der Waals surface area contributed by atoms with Crippen molar-refractivity contribution in [1.29, 1.82) is 0 Å². The van der Waals surface area contributed by atoms with E-state index in [2.05, 4.69) is 9.47 Å². The highest BCUT2D eigenvalue weighted by Crippen LogP contribution is 1.95. The van der Waals surface area contributed by atoms with Gasteiger partial charge in [-0.25, -0.2) is 0 Å². The molecule has 0 unspecified atom stereocenters. The number of hydrogen-bond acceptors (Lipinski definition) is 4. The SMILES string of the molecule is [N-]=[N+]1COC(=O)CC(=O)OC1. The maximum absolute atomic E-state index is 10.5. The number of nitrogens with zero attached hydrogens (tertiary/aromatic N) is 2. The van der Waals surface area contributed by atoms with Crippen molar-refractivity contribution in [2.75, 3.05) is 13.5 Å². The standard InChI is InChI=1S/C5H6N2O4/c6-7-2-10-4(8)1-5(9)11-3-7/h1-3H2. The van der Waals surface area contributed by atoms with Crippen LogP contribution >= 0.6 is 0 Å². The van der Waals surface area contributed by atoms with E-state index in [1.54, 1.807) is 0 Å². The lowest BCUT2D eigenvalue weighted by molar-refractivity contribution is -0.611. The van der Waals surface area contributed by atoms with Gasteiger partial charge in [-0.3, -0.25) is 14.3 Å². The third-order valence-corrected chi connectivity index (χ3v) is 1.04. The Bertz CT molecular complexity index is 193. The van der Waals surface area contributed by atoms with Crippen LogP contribution in [0.2, 0.25) is 0 Å². The van der Waals surface area contributed by atoms with E-state index in [1.165, 1.54) is 0 Å². The first kappa shape index (κ1) is 7.64. The van der Waals surface area contributed by atoms with Crippen LogP contribution in [0.5, 0.6) is 0 Å². The number of carbonyl (C=O) groups is 2. The highest BCUT2D eigenvalue weighted by Gasteiger charge is 2.17. The molecule has 1 saturated heterocycles. The molecule has 1 rings (SSSR count). The molecule has 0 bridgehead atoms. The van der Waals surface area contributed by atoms with E-state index in [4.69, 9.17) is 5.53 Å². The monoisotopic (exact) mass is 158 g/mol. The van der Waals surface area contributed by atoms with Gasteiger partial charge in [-0.1, -0.05) is 0 Å². The summed E-state index contributed by atoms with van der Waals surface area (Å²) in [4.78, 5) is 21.1. The van der Waals surface area contributed by atoms with E-state index in [-0.39, 0.29) is 13.5 Å². The van der Waals surface area contributed by atoms with Crippen molar-refractivity contribution in [3.8, 4) is 0 Å². The van der Waals surface area contributed by atoms with Crippen molar-refractivity contribution in [2.45, 2.75) is 6.42 Å². The zero-order valence-corrected chi connectivity index (χ0v) is 5.65. The first-order valence-electron chi connectivity index (χ1n) is 2.93. The molecule has 0 N–H and O–H groups in total. The smallest absolute Gasteiger partial charge is 0.321 e. The number of carbonyl (C=O) groups excluding carboxylic acids is 2. The van der Waals surface area contributed by atoms with Gasteiger partial charge in [0.2, 0.25) is 0 Å². The van der Waals surface area contributed by atoms with E-state index < -0.39 is 18.4 Å². The van der Waals surface area contributed by atoms with Crippen molar-refractivity contribution >= 4 is 11.9 Å². The Morgan fingerprint density at radius 1 is 1.18 bits per heavy atom. The van der Waals surface area contributed by atoms with Crippen LogP contribution < -0.4 is 0 Å². The summed E-state index contributed by atoms with van der Waals surface area (Å²) >= 11 is 0. The highest BCUT2D eigenvalue weighted by atomic mass is 16.6. The predicted molar refractivity (Wildman–Crippen MR) is 30.2 cm³/mol.